The number of carbonyl (C=O) groups is 1. The van der Waals surface area contributed by atoms with Crippen molar-refractivity contribution >= 4 is 5.91 Å². The minimum atomic E-state index is -0.557. The Hall–Kier alpha value is -1.39. The quantitative estimate of drug-likeness (QED) is 0.620. The van der Waals surface area contributed by atoms with Gasteiger partial charge in [0.1, 0.15) is 0 Å². The lowest BCUT2D eigenvalue weighted by Gasteiger charge is -2.11. The summed E-state index contributed by atoms with van der Waals surface area (Å²) >= 11 is 0. The standard InChI is InChI=1S/C11H16N2O2/c12-10(11(15)13-6-7-14)8-9-4-2-1-3-5-9/h1-5,10,14H,6-8,12H2,(H,13,15)/t10-/m1/s1. The molecule has 1 amide bonds. The van der Waals surface area contributed by atoms with Crippen molar-refractivity contribution in [3.63, 3.8) is 0 Å². The van der Waals surface area contributed by atoms with E-state index in [4.69, 9.17) is 10.8 Å². The summed E-state index contributed by atoms with van der Waals surface area (Å²) in [4.78, 5) is 11.4. The van der Waals surface area contributed by atoms with Gasteiger partial charge < -0.3 is 16.2 Å². The van der Waals surface area contributed by atoms with Crippen molar-refractivity contribution in [1.29, 1.82) is 0 Å². The Kier molecular flexibility index (Phi) is 4.80. The van der Waals surface area contributed by atoms with E-state index >= 15 is 0 Å². The summed E-state index contributed by atoms with van der Waals surface area (Å²) < 4.78 is 0. The maximum Gasteiger partial charge on any atom is 0.237 e. The number of aliphatic hydroxyl groups excluding tert-OH is 1. The molecule has 1 atom stereocenters. The van der Waals surface area contributed by atoms with Gasteiger partial charge >= 0.3 is 0 Å². The summed E-state index contributed by atoms with van der Waals surface area (Å²) in [5.74, 6) is -0.229. The van der Waals surface area contributed by atoms with Gasteiger partial charge in [-0.25, -0.2) is 0 Å². The Morgan fingerprint density at radius 3 is 2.67 bits per heavy atom. The van der Waals surface area contributed by atoms with Crippen molar-refractivity contribution in [3.8, 4) is 0 Å². The number of hydrogen-bond acceptors (Lipinski definition) is 3. The molecule has 0 radical (unpaired) electrons. The molecule has 0 bridgehead atoms. The van der Waals surface area contributed by atoms with Crippen LogP contribution in [0.2, 0.25) is 0 Å². The molecule has 0 heterocycles. The Morgan fingerprint density at radius 2 is 2.07 bits per heavy atom. The number of rotatable bonds is 5. The highest BCUT2D eigenvalue weighted by Crippen LogP contribution is 2.01. The van der Waals surface area contributed by atoms with Crippen molar-refractivity contribution in [1.82, 2.24) is 5.32 Å². The Labute approximate surface area is 89.1 Å². The van der Waals surface area contributed by atoms with Gasteiger partial charge in [0.05, 0.1) is 12.6 Å². The maximum absolute atomic E-state index is 11.4. The Balaban J connectivity index is 2.41. The van der Waals surface area contributed by atoms with E-state index in [1.54, 1.807) is 0 Å². The lowest BCUT2D eigenvalue weighted by Crippen LogP contribution is -2.42. The van der Waals surface area contributed by atoms with Crippen LogP contribution in [0.15, 0.2) is 30.3 Å². The average molecular weight is 208 g/mol. The van der Waals surface area contributed by atoms with Crippen molar-refractivity contribution in [2.24, 2.45) is 5.73 Å². The summed E-state index contributed by atoms with van der Waals surface area (Å²) in [5, 5.41) is 11.1. The van der Waals surface area contributed by atoms with Crippen LogP contribution in [-0.4, -0.2) is 30.2 Å². The Bertz CT molecular complexity index is 301. The second-order valence-corrected chi connectivity index (χ2v) is 3.31. The topological polar surface area (TPSA) is 75.4 Å². The van der Waals surface area contributed by atoms with Crippen LogP contribution in [0, 0.1) is 0 Å². The molecule has 4 heteroatoms. The van der Waals surface area contributed by atoms with Crippen LogP contribution < -0.4 is 11.1 Å². The predicted molar refractivity (Wildman–Crippen MR) is 58.2 cm³/mol. The molecule has 1 aromatic rings. The van der Waals surface area contributed by atoms with Crippen LogP contribution in [-0.2, 0) is 11.2 Å². The first-order valence-electron chi connectivity index (χ1n) is 4.92. The predicted octanol–water partition coefficient (Wildman–Crippen LogP) is -0.335. The minimum Gasteiger partial charge on any atom is -0.395 e. The van der Waals surface area contributed by atoms with Crippen LogP contribution in [0.4, 0.5) is 0 Å². The molecule has 0 aliphatic rings. The first kappa shape index (κ1) is 11.7. The smallest absolute Gasteiger partial charge is 0.237 e. The molecule has 0 aromatic heterocycles. The maximum atomic E-state index is 11.4. The highest BCUT2D eigenvalue weighted by molar-refractivity contribution is 5.81. The molecule has 0 aliphatic heterocycles. The number of benzene rings is 1. The fraction of sp³-hybridized carbons (Fsp3) is 0.364. The second-order valence-electron chi connectivity index (χ2n) is 3.31. The normalized spacial score (nSPS) is 12.1. The van der Waals surface area contributed by atoms with E-state index in [2.05, 4.69) is 5.32 Å². The van der Waals surface area contributed by atoms with E-state index in [-0.39, 0.29) is 19.1 Å². The van der Waals surface area contributed by atoms with Gasteiger partial charge in [-0.1, -0.05) is 30.3 Å². The number of nitrogens with two attached hydrogens (primary N) is 1. The molecule has 82 valence electrons. The molecular weight excluding hydrogens is 192 g/mol. The largest absolute Gasteiger partial charge is 0.395 e. The highest BCUT2D eigenvalue weighted by Gasteiger charge is 2.12. The number of nitrogens with one attached hydrogen (secondary N) is 1. The van der Waals surface area contributed by atoms with Gasteiger partial charge in [-0.3, -0.25) is 4.79 Å². The molecule has 0 unspecified atom stereocenters. The zero-order chi connectivity index (χ0) is 11.1. The van der Waals surface area contributed by atoms with Gasteiger partial charge in [0.15, 0.2) is 0 Å². The van der Waals surface area contributed by atoms with Crippen LogP contribution in [0.5, 0.6) is 0 Å². The molecule has 15 heavy (non-hydrogen) atoms. The molecule has 1 rings (SSSR count). The van der Waals surface area contributed by atoms with E-state index in [1.807, 2.05) is 30.3 Å². The van der Waals surface area contributed by atoms with E-state index < -0.39 is 6.04 Å². The van der Waals surface area contributed by atoms with Gasteiger partial charge in [0.25, 0.3) is 0 Å². The van der Waals surface area contributed by atoms with Gasteiger partial charge in [0.2, 0.25) is 5.91 Å². The zero-order valence-electron chi connectivity index (χ0n) is 8.52. The van der Waals surface area contributed by atoms with Gasteiger partial charge in [-0.15, -0.1) is 0 Å². The van der Waals surface area contributed by atoms with E-state index in [0.717, 1.165) is 5.56 Å². The first-order chi connectivity index (χ1) is 7.24. The summed E-state index contributed by atoms with van der Waals surface area (Å²) in [6.45, 7) is 0.186. The van der Waals surface area contributed by atoms with Gasteiger partial charge in [-0.2, -0.15) is 0 Å². The molecule has 0 spiro atoms. The van der Waals surface area contributed by atoms with Crippen molar-refractivity contribution < 1.29 is 9.90 Å². The fourth-order valence-corrected chi connectivity index (χ4v) is 1.27. The first-order valence-corrected chi connectivity index (χ1v) is 4.92. The minimum absolute atomic E-state index is 0.0657. The molecule has 0 saturated heterocycles. The highest BCUT2D eigenvalue weighted by atomic mass is 16.3. The van der Waals surface area contributed by atoms with Crippen molar-refractivity contribution in [2.45, 2.75) is 12.5 Å². The van der Waals surface area contributed by atoms with Crippen molar-refractivity contribution in [2.75, 3.05) is 13.2 Å². The van der Waals surface area contributed by atoms with Crippen LogP contribution in [0.3, 0.4) is 0 Å². The SMILES string of the molecule is N[C@H](Cc1ccccc1)C(=O)NCCO. The summed E-state index contributed by atoms with van der Waals surface area (Å²) in [6.07, 6.45) is 0.512. The third-order valence-corrected chi connectivity index (χ3v) is 2.05. The number of hydrogen-bond donors (Lipinski definition) is 3. The van der Waals surface area contributed by atoms with Crippen LogP contribution >= 0.6 is 0 Å². The molecule has 1 aromatic carbocycles. The lowest BCUT2D eigenvalue weighted by molar-refractivity contribution is -0.122. The molecule has 0 fully saturated rings. The van der Waals surface area contributed by atoms with Gasteiger partial charge in [0, 0.05) is 6.54 Å². The molecule has 4 N–H and O–H groups in total. The average Bonchev–Trinajstić information content (AvgIpc) is 2.27. The fourth-order valence-electron chi connectivity index (χ4n) is 1.27. The zero-order valence-corrected chi connectivity index (χ0v) is 8.52. The van der Waals surface area contributed by atoms with E-state index in [9.17, 15) is 4.79 Å². The lowest BCUT2D eigenvalue weighted by atomic mass is 10.1. The number of aliphatic hydroxyl groups is 1. The van der Waals surface area contributed by atoms with Crippen molar-refractivity contribution in [3.05, 3.63) is 35.9 Å². The van der Waals surface area contributed by atoms with Gasteiger partial charge in [-0.05, 0) is 12.0 Å². The molecule has 4 nitrogen and oxygen atoms in total. The third-order valence-electron chi connectivity index (χ3n) is 2.05. The summed E-state index contributed by atoms with van der Waals surface area (Å²) in [6, 6.07) is 9.04. The van der Waals surface area contributed by atoms with Crippen LogP contribution in [0.25, 0.3) is 0 Å². The Morgan fingerprint density at radius 1 is 1.40 bits per heavy atom. The molecule has 0 saturated carbocycles. The molecular formula is C11H16N2O2. The number of amides is 1. The summed E-state index contributed by atoms with van der Waals surface area (Å²) in [5.41, 5.74) is 6.73. The monoisotopic (exact) mass is 208 g/mol. The second kappa shape index (κ2) is 6.16. The van der Waals surface area contributed by atoms with E-state index in [1.165, 1.54) is 0 Å². The third kappa shape index (κ3) is 4.10. The molecule has 0 aliphatic carbocycles. The van der Waals surface area contributed by atoms with Crippen LogP contribution in [0.1, 0.15) is 5.56 Å². The van der Waals surface area contributed by atoms with E-state index in [0.29, 0.717) is 6.42 Å². The number of carbonyl (C=O) groups excluding carboxylic acids is 1. The summed E-state index contributed by atoms with van der Waals surface area (Å²) in [7, 11) is 0.